The molecule has 2 heterocycles. The summed E-state index contributed by atoms with van der Waals surface area (Å²) in [5, 5.41) is 0. The van der Waals surface area contributed by atoms with Crippen molar-refractivity contribution in [3.05, 3.63) is 59.0 Å². The summed E-state index contributed by atoms with van der Waals surface area (Å²) in [4.78, 5) is 38.9. The Hall–Kier alpha value is -2.89. The molecule has 0 spiro atoms. The topological polar surface area (TPSA) is 72.9 Å². The summed E-state index contributed by atoms with van der Waals surface area (Å²) in [6.07, 6.45) is 0.295. The number of amides is 1. The first-order valence-corrected chi connectivity index (χ1v) is 7.52. The lowest BCUT2D eigenvalue weighted by Crippen LogP contribution is -2.49. The molecule has 6 heteroatoms. The minimum absolute atomic E-state index is 0.0140. The molecule has 0 fully saturated rings. The van der Waals surface area contributed by atoms with Gasteiger partial charge in [0.25, 0.3) is 5.91 Å². The number of ketones is 1. The molecule has 0 N–H and O–H groups in total. The second-order valence-corrected chi connectivity index (χ2v) is 5.66. The lowest BCUT2D eigenvalue weighted by Gasteiger charge is -2.34. The highest BCUT2D eigenvalue weighted by Crippen LogP contribution is 2.38. The highest BCUT2D eigenvalue weighted by atomic mass is 16.5. The highest BCUT2D eigenvalue weighted by molar-refractivity contribution is 6.10. The Morgan fingerprint density at radius 1 is 1.17 bits per heavy atom. The summed E-state index contributed by atoms with van der Waals surface area (Å²) in [5.41, 5.74) is 1.09. The number of methoxy groups -OCH3 is 1. The van der Waals surface area contributed by atoms with Crippen LogP contribution in [0.1, 0.15) is 24.2 Å². The lowest BCUT2D eigenvalue weighted by molar-refractivity contribution is -0.141. The summed E-state index contributed by atoms with van der Waals surface area (Å²) in [5.74, 6) is -1.78. The Balaban J connectivity index is 2.09. The molecule has 0 aromatic heterocycles. The minimum Gasteiger partial charge on any atom is -0.472 e. The van der Waals surface area contributed by atoms with Crippen LogP contribution in [0.2, 0.25) is 0 Å². The normalized spacial score (nSPS) is 22.7. The number of fused-ring (bicyclic) bond motifs is 1. The number of allylic oxidation sites excluding steroid dienone is 2. The van der Waals surface area contributed by atoms with Crippen LogP contribution < -0.4 is 0 Å². The van der Waals surface area contributed by atoms with Gasteiger partial charge < -0.3 is 9.47 Å². The lowest BCUT2D eigenvalue weighted by atomic mass is 9.85. The molecule has 1 aromatic rings. The van der Waals surface area contributed by atoms with Crippen molar-refractivity contribution in [1.29, 1.82) is 0 Å². The molecular weight excluding hydrogens is 310 g/mol. The number of Topliss-reactive ketones (excluding diaryl/α,β-unsaturated/α-hetero) is 1. The number of esters is 1. The zero-order valence-electron chi connectivity index (χ0n) is 13.6. The van der Waals surface area contributed by atoms with Crippen LogP contribution in [0.5, 0.6) is 0 Å². The number of hydrogen-bond acceptors (Lipinski definition) is 5. The summed E-state index contributed by atoms with van der Waals surface area (Å²) in [7, 11) is 1.22. The van der Waals surface area contributed by atoms with Crippen LogP contribution in [0.15, 0.2) is 53.4 Å². The maximum Gasteiger partial charge on any atom is 0.334 e. The van der Waals surface area contributed by atoms with Gasteiger partial charge in [-0.1, -0.05) is 30.3 Å². The van der Waals surface area contributed by atoms with Crippen LogP contribution in [0, 0.1) is 5.92 Å². The van der Waals surface area contributed by atoms with Crippen LogP contribution in [0.3, 0.4) is 0 Å². The first-order valence-electron chi connectivity index (χ1n) is 7.52. The molecule has 2 aliphatic heterocycles. The summed E-state index contributed by atoms with van der Waals surface area (Å²) in [6, 6.07) is 8.61. The second kappa shape index (κ2) is 5.96. The standard InChI is InChI=1S/C18H17NO5/c1-10-11(2)24-17-15(16(21)12-7-5-4-6-8-12)13(18(22)23-3)9-14(20)19(10)17/h4-9,15,17H,1-3H3. The van der Waals surface area contributed by atoms with Crippen molar-refractivity contribution in [2.75, 3.05) is 7.11 Å². The largest absolute Gasteiger partial charge is 0.472 e. The number of rotatable bonds is 3. The average Bonchev–Trinajstić information content (AvgIpc) is 2.89. The molecule has 1 amide bonds. The van der Waals surface area contributed by atoms with Crippen LogP contribution in [-0.2, 0) is 19.1 Å². The third-order valence-electron chi connectivity index (χ3n) is 4.32. The highest BCUT2D eigenvalue weighted by Gasteiger charge is 2.49. The van der Waals surface area contributed by atoms with E-state index in [2.05, 4.69) is 0 Å². The molecule has 2 unspecified atom stereocenters. The maximum atomic E-state index is 13.0. The van der Waals surface area contributed by atoms with E-state index in [0.29, 0.717) is 17.0 Å². The SMILES string of the molecule is COC(=O)C1=CC(=O)N2C(C)=C(C)OC2C1C(=O)c1ccccc1. The van der Waals surface area contributed by atoms with Crippen LogP contribution >= 0.6 is 0 Å². The fourth-order valence-electron chi connectivity index (χ4n) is 2.99. The van der Waals surface area contributed by atoms with Crippen LogP contribution in [0.25, 0.3) is 0 Å². The van der Waals surface area contributed by atoms with Crippen LogP contribution in [-0.4, -0.2) is 35.9 Å². The molecule has 0 saturated carbocycles. The van der Waals surface area contributed by atoms with E-state index in [4.69, 9.17) is 9.47 Å². The Kier molecular flexibility index (Phi) is 3.97. The molecule has 1 aromatic carbocycles. The van der Waals surface area contributed by atoms with Gasteiger partial charge in [0.2, 0.25) is 0 Å². The zero-order valence-corrected chi connectivity index (χ0v) is 13.6. The Morgan fingerprint density at radius 3 is 2.46 bits per heavy atom. The molecule has 124 valence electrons. The molecule has 6 nitrogen and oxygen atoms in total. The van der Waals surface area contributed by atoms with Crippen molar-refractivity contribution in [1.82, 2.24) is 4.90 Å². The van der Waals surface area contributed by atoms with E-state index < -0.39 is 24.0 Å². The van der Waals surface area contributed by atoms with Crippen molar-refractivity contribution in [2.45, 2.75) is 20.1 Å². The van der Waals surface area contributed by atoms with E-state index in [-0.39, 0.29) is 11.4 Å². The van der Waals surface area contributed by atoms with E-state index in [1.165, 1.54) is 18.1 Å². The monoisotopic (exact) mass is 327 g/mol. The summed E-state index contributed by atoms with van der Waals surface area (Å²) in [6.45, 7) is 3.47. The van der Waals surface area contributed by atoms with E-state index >= 15 is 0 Å². The van der Waals surface area contributed by atoms with Gasteiger partial charge in [-0.3, -0.25) is 14.5 Å². The van der Waals surface area contributed by atoms with Gasteiger partial charge in [-0.25, -0.2) is 4.79 Å². The summed E-state index contributed by atoms with van der Waals surface area (Å²) >= 11 is 0. The number of ether oxygens (including phenoxy) is 2. The maximum absolute atomic E-state index is 13.0. The minimum atomic E-state index is -0.940. The summed E-state index contributed by atoms with van der Waals surface area (Å²) < 4.78 is 10.5. The van der Waals surface area contributed by atoms with Gasteiger partial charge in [0.15, 0.2) is 12.0 Å². The fraction of sp³-hybridized carbons (Fsp3) is 0.278. The fourth-order valence-corrected chi connectivity index (χ4v) is 2.99. The van der Waals surface area contributed by atoms with Gasteiger partial charge in [0.05, 0.1) is 18.4 Å². The molecule has 0 aliphatic carbocycles. The van der Waals surface area contributed by atoms with E-state index in [0.717, 1.165) is 0 Å². The Morgan fingerprint density at radius 2 is 1.83 bits per heavy atom. The first-order chi connectivity index (χ1) is 11.5. The predicted octanol–water partition coefficient (Wildman–Crippen LogP) is 2.03. The van der Waals surface area contributed by atoms with E-state index in [9.17, 15) is 14.4 Å². The van der Waals surface area contributed by atoms with Crippen LogP contribution in [0.4, 0.5) is 0 Å². The Bertz CT molecular complexity index is 778. The van der Waals surface area contributed by atoms with Crippen molar-refractivity contribution < 1.29 is 23.9 Å². The van der Waals surface area contributed by atoms with Gasteiger partial charge in [0, 0.05) is 11.6 Å². The zero-order chi connectivity index (χ0) is 17.4. The number of carbonyl (C=O) groups is 3. The van der Waals surface area contributed by atoms with Gasteiger partial charge in [-0.2, -0.15) is 0 Å². The van der Waals surface area contributed by atoms with Gasteiger partial charge in [0.1, 0.15) is 11.7 Å². The average molecular weight is 327 g/mol. The van der Waals surface area contributed by atoms with Gasteiger partial charge in [-0.15, -0.1) is 0 Å². The predicted molar refractivity (Wildman–Crippen MR) is 84.5 cm³/mol. The van der Waals surface area contributed by atoms with Crippen molar-refractivity contribution in [3.63, 3.8) is 0 Å². The number of hydrogen-bond donors (Lipinski definition) is 0. The number of carbonyl (C=O) groups excluding carboxylic acids is 3. The molecule has 2 atom stereocenters. The Labute approximate surface area is 139 Å². The molecule has 0 bridgehead atoms. The molecule has 24 heavy (non-hydrogen) atoms. The number of nitrogens with zero attached hydrogens (tertiary/aromatic N) is 1. The molecule has 2 aliphatic rings. The number of benzene rings is 1. The molecule has 0 radical (unpaired) electrons. The van der Waals surface area contributed by atoms with Gasteiger partial charge >= 0.3 is 5.97 Å². The first kappa shape index (κ1) is 16.0. The quantitative estimate of drug-likeness (QED) is 0.627. The second-order valence-electron chi connectivity index (χ2n) is 5.66. The smallest absolute Gasteiger partial charge is 0.334 e. The van der Waals surface area contributed by atoms with E-state index in [1.807, 2.05) is 0 Å². The van der Waals surface area contributed by atoms with Crippen molar-refractivity contribution >= 4 is 17.7 Å². The molecule has 3 rings (SSSR count). The van der Waals surface area contributed by atoms with Gasteiger partial charge in [-0.05, 0) is 13.8 Å². The molecule has 0 saturated heterocycles. The third kappa shape index (κ3) is 2.40. The van der Waals surface area contributed by atoms with E-state index in [1.54, 1.807) is 44.2 Å². The van der Waals surface area contributed by atoms with Crippen molar-refractivity contribution in [3.8, 4) is 0 Å². The molecular formula is C18H17NO5. The van der Waals surface area contributed by atoms with Crippen molar-refractivity contribution in [2.24, 2.45) is 5.92 Å². The third-order valence-corrected chi connectivity index (χ3v) is 4.32.